The van der Waals surface area contributed by atoms with Gasteiger partial charge in [-0.2, -0.15) is 0 Å². The summed E-state index contributed by atoms with van der Waals surface area (Å²) in [6.07, 6.45) is 2.04. The lowest BCUT2D eigenvalue weighted by atomic mass is 10.2. The van der Waals surface area contributed by atoms with Gasteiger partial charge in [-0.3, -0.25) is 4.79 Å². The van der Waals surface area contributed by atoms with Crippen molar-refractivity contribution in [2.24, 2.45) is 0 Å². The van der Waals surface area contributed by atoms with Gasteiger partial charge in [0, 0.05) is 35.0 Å². The molecule has 5 nitrogen and oxygen atoms in total. The molecule has 0 heterocycles. The van der Waals surface area contributed by atoms with Crippen LogP contribution in [0, 0.1) is 0 Å². The molecule has 2 aromatic carbocycles. The molecule has 0 spiro atoms. The molecule has 0 bridgehead atoms. The second-order valence-electron chi connectivity index (χ2n) is 5.16. The average Bonchev–Trinajstić information content (AvgIpc) is 2.62. The summed E-state index contributed by atoms with van der Waals surface area (Å²) in [4.78, 5) is 24.7. The van der Waals surface area contributed by atoms with E-state index in [0.717, 1.165) is 10.6 Å². The third-order valence-corrected chi connectivity index (χ3v) is 4.19. The summed E-state index contributed by atoms with van der Waals surface area (Å²) in [5, 5.41) is 8.17. The van der Waals surface area contributed by atoms with Crippen molar-refractivity contribution in [1.82, 2.24) is 5.32 Å². The predicted molar refractivity (Wildman–Crippen MR) is 104 cm³/mol. The number of thioether (sulfide) groups is 1. The van der Waals surface area contributed by atoms with Crippen LogP contribution in [0.15, 0.2) is 72.1 Å². The molecule has 3 N–H and O–H groups in total. The number of carbonyl (C=O) groups is 2. The van der Waals surface area contributed by atoms with Crippen molar-refractivity contribution < 1.29 is 9.59 Å². The Labute approximate surface area is 151 Å². The van der Waals surface area contributed by atoms with Crippen LogP contribution >= 0.6 is 11.8 Å². The molecule has 0 atom stereocenters. The molecule has 6 heteroatoms. The Kier molecular flexibility index (Phi) is 7.59. The van der Waals surface area contributed by atoms with E-state index in [1.807, 2.05) is 30.3 Å². The summed E-state index contributed by atoms with van der Waals surface area (Å²) in [5.41, 5.74) is 1.35. The van der Waals surface area contributed by atoms with Crippen LogP contribution in [0.4, 0.5) is 16.2 Å². The normalized spacial score (nSPS) is 9.92. The molecule has 2 rings (SSSR count). The molecule has 0 aromatic heterocycles. The van der Waals surface area contributed by atoms with Gasteiger partial charge in [0.05, 0.1) is 0 Å². The first-order chi connectivity index (χ1) is 12.2. The van der Waals surface area contributed by atoms with E-state index in [0.29, 0.717) is 24.3 Å². The van der Waals surface area contributed by atoms with Gasteiger partial charge < -0.3 is 16.0 Å². The fourth-order valence-corrected chi connectivity index (χ4v) is 2.85. The lowest BCUT2D eigenvalue weighted by Crippen LogP contribution is -2.28. The van der Waals surface area contributed by atoms with Crippen LogP contribution in [0.1, 0.15) is 6.42 Å². The van der Waals surface area contributed by atoms with Gasteiger partial charge >= 0.3 is 6.03 Å². The van der Waals surface area contributed by atoms with Gasteiger partial charge in [-0.25, -0.2) is 4.79 Å². The van der Waals surface area contributed by atoms with E-state index in [2.05, 4.69) is 22.5 Å². The standard InChI is InChI=1S/C19H21N3O2S/c1-2-13-20-19(24)22-16-10-8-15(9-11-16)21-18(23)12-14-25-17-6-4-3-5-7-17/h2-11H,1,12-14H2,(H,21,23)(H2,20,22,24). The molecule has 0 saturated carbocycles. The number of hydrogen-bond donors (Lipinski definition) is 3. The highest BCUT2D eigenvalue weighted by Gasteiger charge is 2.04. The Morgan fingerprint density at radius 1 is 0.960 bits per heavy atom. The molecule has 3 amide bonds. The van der Waals surface area contributed by atoms with Crippen LogP contribution in [0.2, 0.25) is 0 Å². The second-order valence-corrected chi connectivity index (χ2v) is 6.33. The SMILES string of the molecule is C=CCNC(=O)Nc1ccc(NC(=O)CCSc2ccccc2)cc1. The molecule has 0 aliphatic carbocycles. The fraction of sp³-hybridized carbons (Fsp3) is 0.158. The van der Waals surface area contributed by atoms with Gasteiger partial charge in [-0.05, 0) is 36.4 Å². The van der Waals surface area contributed by atoms with E-state index in [-0.39, 0.29) is 11.9 Å². The summed E-state index contributed by atoms with van der Waals surface area (Å²) in [6.45, 7) is 3.94. The smallest absolute Gasteiger partial charge is 0.319 e. The second kappa shape index (κ2) is 10.2. The van der Waals surface area contributed by atoms with Gasteiger partial charge in [0.25, 0.3) is 0 Å². The lowest BCUT2D eigenvalue weighted by Gasteiger charge is -2.08. The molecule has 130 valence electrons. The van der Waals surface area contributed by atoms with Crippen molar-refractivity contribution in [3.05, 3.63) is 67.3 Å². The third-order valence-electron chi connectivity index (χ3n) is 3.17. The zero-order valence-corrected chi connectivity index (χ0v) is 14.6. The number of benzene rings is 2. The van der Waals surface area contributed by atoms with E-state index in [4.69, 9.17) is 0 Å². The van der Waals surface area contributed by atoms with Crippen molar-refractivity contribution in [3.63, 3.8) is 0 Å². The van der Waals surface area contributed by atoms with Gasteiger partial charge in [0.15, 0.2) is 0 Å². The molecule has 0 unspecified atom stereocenters. The number of hydrogen-bond acceptors (Lipinski definition) is 3. The number of rotatable bonds is 8. The number of anilines is 2. The van der Waals surface area contributed by atoms with Gasteiger partial charge in [-0.1, -0.05) is 24.3 Å². The predicted octanol–water partition coefficient (Wildman–Crippen LogP) is 4.12. The molecular weight excluding hydrogens is 334 g/mol. The summed E-state index contributed by atoms with van der Waals surface area (Å²) in [5.74, 6) is 0.687. The maximum atomic E-state index is 12.0. The molecule has 0 aliphatic rings. The van der Waals surface area contributed by atoms with Crippen LogP contribution in [0.25, 0.3) is 0 Å². The first-order valence-electron chi connectivity index (χ1n) is 7.91. The Balaban J connectivity index is 1.73. The summed E-state index contributed by atoms with van der Waals surface area (Å²) < 4.78 is 0. The lowest BCUT2D eigenvalue weighted by molar-refractivity contribution is -0.115. The number of nitrogens with one attached hydrogen (secondary N) is 3. The van der Waals surface area contributed by atoms with Crippen LogP contribution in [-0.2, 0) is 4.79 Å². The van der Waals surface area contributed by atoms with Crippen molar-refractivity contribution in [1.29, 1.82) is 0 Å². The molecule has 0 saturated heterocycles. The minimum absolute atomic E-state index is 0.0344. The monoisotopic (exact) mass is 355 g/mol. The van der Waals surface area contributed by atoms with Crippen molar-refractivity contribution in [3.8, 4) is 0 Å². The minimum Gasteiger partial charge on any atom is -0.334 e. The Morgan fingerprint density at radius 2 is 1.60 bits per heavy atom. The third kappa shape index (κ3) is 7.14. The molecule has 0 radical (unpaired) electrons. The molecular formula is C19H21N3O2S. The fourth-order valence-electron chi connectivity index (χ4n) is 1.98. The highest BCUT2D eigenvalue weighted by molar-refractivity contribution is 7.99. The van der Waals surface area contributed by atoms with E-state index < -0.39 is 0 Å². The number of carbonyl (C=O) groups excluding carboxylic acids is 2. The summed E-state index contributed by atoms with van der Waals surface area (Å²) >= 11 is 1.65. The van der Waals surface area contributed by atoms with Gasteiger partial charge in [0.2, 0.25) is 5.91 Å². The van der Waals surface area contributed by atoms with Crippen molar-refractivity contribution in [2.45, 2.75) is 11.3 Å². The molecule has 25 heavy (non-hydrogen) atoms. The van der Waals surface area contributed by atoms with Crippen LogP contribution < -0.4 is 16.0 Å². The Hall–Kier alpha value is -2.73. The summed E-state index contributed by atoms with van der Waals surface area (Å²) in [6, 6.07) is 16.7. The highest BCUT2D eigenvalue weighted by Crippen LogP contribution is 2.18. The molecule has 2 aromatic rings. The Morgan fingerprint density at radius 3 is 2.24 bits per heavy atom. The van der Waals surface area contributed by atoms with Gasteiger partial charge in [-0.15, -0.1) is 18.3 Å². The topological polar surface area (TPSA) is 70.2 Å². The van der Waals surface area contributed by atoms with E-state index in [1.165, 1.54) is 0 Å². The quantitative estimate of drug-likeness (QED) is 0.493. The van der Waals surface area contributed by atoms with Crippen LogP contribution in [0.5, 0.6) is 0 Å². The zero-order valence-electron chi connectivity index (χ0n) is 13.8. The molecule has 0 aliphatic heterocycles. The summed E-state index contributed by atoms with van der Waals surface area (Å²) in [7, 11) is 0. The first-order valence-corrected chi connectivity index (χ1v) is 8.89. The number of amides is 3. The van der Waals surface area contributed by atoms with E-state index in [1.54, 1.807) is 42.1 Å². The van der Waals surface area contributed by atoms with E-state index >= 15 is 0 Å². The average molecular weight is 355 g/mol. The zero-order chi connectivity index (χ0) is 17.9. The maximum Gasteiger partial charge on any atom is 0.319 e. The maximum absolute atomic E-state index is 12.0. The number of urea groups is 1. The highest BCUT2D eigenvalue weighted by atomic mass is 32.2. The largest absolute Gasteiger partial charge is 0.334 e. The van der Waals surface area contributed by atoms with Crippen molar-refractivity contribution >= 4 is 35.1 Å². The van der Waals surface area contributed by atoms with Crippen LogP contribution in [-0.4, -0.2) is 24.2 Å². The first kappa shape index (κ1) is 18.6. The van der Waals surface area contributed by atoms with Gasteiger partial charge in [0.1, 0.15) is 0 Å². The minimum atomic E-state index is -0.297. The van der Waals surface area contributed by atoms with Crippen molar-refractivity contribution in [2.75, 3.05) is 22.9 Å². The van der Waals surface area contributed by atoms with E-state index in [9.17, 15) is 9.59 Å². The van der Waals surface area contributed by atoms with Crippen LogP contribution in [0.3, 0.4) is 0 Å². The molecule has 0 fully saturated rings. The Bertz CT molecular complexity index is 702.